The van der Waals surface area contributed by atoms with Crippen molar-refractivity contribution in [2.24, 2.45) is 0 Å². The van der Waals surface area contributed by atoms with E-state index in [2.05, 4.69) is 11.3 Å². The first kappa shape index (κ1) is 12.3. The molecule has 0 aliphatic heterocycles. The second-order valence-electron chi connectivity index (χ2n) is 3.22. The van der Waals surface area contributed by atoms with Gasteiger partial charge in [0, 0.05) is 17.2 Å². The van der Waals surface area contributed by atoms with Crippen LogP contribution in [0.15, 0.2) is 24.3 Å². The number of hydrogen-bond acceptors (Lipinski definition) is 2. The third-order valence-corrected chi connectivity index (χ3v) is 1.78. The van der Waals surface area contributed by atoms with E-state index in [9.17, 15) is 18.0 Å². The molecule has 0 saturated carbocycles. The first-order chi connectivity index (χ1) is 7.41. The summed E-state index contributed by atoms with van der Waals surface area (Å²) in [5.41, 5.74) is -0.232. The molecule has 0 saturated heterocycles. The molecule has 0 aliphatic carbocycles. The molecule has 0 amide bonds. The highest BCUT2D eigenvalue weighted by Gasteiger charge is 2.13. The Labute approximate surface area is 90.3 Å². The topological polar surface area (TPSA) is 26.3 Å². The molecule has 1 aromatic carbocycles. The Bertz CT molecular complexity index is 441. The maximum atomic E-state index is 13.1. The monoisotopic (exact) mass is 230 g/mol. The molecular weight excluding hydrogens is 221 g/mol. The van der Waals surface area contributed by atoms with Crippen molar-refractivity contribution in [2.45, 2.75) is 13.5 Å². The minimum atomic E-state index is -1.32. The van der Waals surface area contributed by atoms with Gasteiger partial charge in [0.25, 0.3) is 0 Å². The predicted octanol–water partition coefficient (Wildman–Crippen LogP) is 2.72. The van der Waals surface area contributed by atoms with Gasteiger partial charge in [0.05, 0.1) is 0 Å². The summed E-state index contributed by atoms with van der Waals surface area (Å²) in [6.07, 6.45) is 0. The van der Waals surface area contributed by atoms with Crippen LogP contribution in [0, 0.1) is 17.5 Å². The average Bonchev–Trinajstić information content (AvgIpc) is 2.20. The smallest absolute Gasteiger partial charge is 0.333 e. The number of carbonyl (C=O) groups excluding carboxylic acids is 1. The zero-order valence-corrected chi connectivity index (χ0v) is 8.52. The van der Waals surface area contributed by atoms with Crippen molar-refractivity contribution in [3.8, 4) is 0 Å². The minimum Gasteiger partial charge on any atom is -0.457 e. The Morgan fingerprint density at radius 2 is 2.00 bits per heavy atom. The van der Waals surface area contributed by atoms with Crippen molar-refractivity contribution in [3.63, 3.8) is 0 Å². The lowest BCUT2D eigenvalue weighted by atomic mass is 10.2. The Morgan fingerprint density at radius 1 is 1.38 bits per heavy atom. The SMILES string of the molecule is C=C(C)C(=O)OCc1cc(F)cc(F)c1F. The van der Waals surface area contributed by atoms with Gasteiger partial charge in [0.15, 0.2) is 11.6 Å². The first-order valence-electron chi connectivity index (χ1n) is 4.38. The molecule has 2 nitrogen and oxygen atoms in total. The molecular formula is C11H9F3O2. The molecule has 0 heterocycles. The molecule has 0 fully saturated rings. The van der Waals surface area contributed by atoms with Crippen molar-refractivity contribution in [3.05, 3.63) is 47.3 Å². The molecule has 5 heteroatoms. The van der Waals surface area contributed by atoms with E-state index in [4.69, 9.17) is 0 Å². The molecule has 0 atom stereocenters. The Kier molecular flexibility index (Phi) is 3.71. The number of ether oxygens (including phenoxy) is 1. The van der Waals surface area contributed by atoms with Gasteiger partial charge in [-0.2, -0.15) is 0 Å². The fraction of sp³-hybridized carbons (Fsp3) is 0.182. The van der Waals surface area contributed by atoms with E-state index in [-0.39, 0.29) is 11.1 Å². The fourth-order valence-corrected chi connectivity index (χ4v) is 0.981. The molecule has 0 aliphatic rings. The van der Waals surface area contributed by atoms with Crippen molar-refractivity contribution in [1.29, 1.82) is 0 Å². The molecule has 0 radical (unpaired) electrons. The van der Waals surface area contributed by atoms with Gasteiger partial charge >= 0.3 is 5.97 Å². The Morgan fingerprint density at radius 3 is 2.56 bits per heavy atom. The molecule has 0 N–H and O–H groups in total. The van der Waals surface area contributed by atoms with Crippen LogP contribution in [0.1, 0.15) is 12.5 Å². The maximum Gasteiger partial charge on any atom is 0.333 e. The van der Waals surface area contributed by atoms with Crippen molar-refractivity contribution < 1.29 is 22.7 Å². The molecule has 1 rings (SSSR count). The Balaban J connectivity index is 2.82. The van der Waals surface area contributed by atoms with Gasteiger partial charge in [-0.25, -0.2) is 18.0 Å². The van der Waals surface area contributed by atoms with Crippen LogP contribution in [0.25, 0.3) is 0 Å². The molecule has 1 aromatic rings. The summed E-state index contributed by atoms with van der Waals surface area (Å²) < 4.78 is 43.1. The minimum absolute atomic E-state index is 0.122. The number of hydrogen-bond donors (Lipinski definition) is 0. The highest BCUT2D eigenvalue weighted by Crippen LogP contribution is 2.15. The van der Waals surface area contributed by atoms with E-state index in [0.29, 0.717) is 6.07 Å². The summed E-state index contributed by atoms with van der Waals surface area (Å²) in [6, 6.07) is 1.18. The first-order valence-corrected chi connectivity index (χ1v) is 4.38. The normalized spacial score (nSPS) is 10.0. The van der Waals surface area contributed by atoms with Gasteiger partial charge in [0.1, 0.15) is 12.4 Å². The van der Waals surface area contributed by atoms with Crippen LogP contribution in [-0.4, -0.2) is 5.97 Å². The summed E-state index contributed by atoms with van der Waals surface area (Å²) in [5, 5.41) is 0. The Hall–Kier alpha value is -1.78. The summed E-state index contributed by atoms with van der Waals surface area (Å²) in [5.74, 6) is -4.22. The molecule has 86 valence electrons. The van der Waals surface area contributed by atoms with Crippen LogP contribution >= 0.6 is 0 Å². The van der Waals surface area contributed by atoms with Gasteiger partial charge in [-0.3, -0.25) is 0 Å². The van der Waals surface area contributed by atoms with Gasteiger partial charge in [-0.1, -0.05) is 6.58 Å². The molecule has 0 aromatic heterocycles. The number of rotatable bonds is 3. The lowest BCUT2D eigenvalue weighted by molar-refractivity contribution is -0.140. The molecule has 0 unspecified atom stereocenters. The van der Waals surface area contributed by atoms with Crippen molar-refractivity contribution >= 4 is 5.97 Å². The zero-order valence-electron chi connectivity index (χ0n) is 8.52. The van der Waals surface area contributed by atoms with Crippen LogP contribution in [0.2, 0.25) is 0 Å². The second-order valence-corrected chi connectivity index (χ2v) is 3.22. The van der Waals surface area contributed by atoms with Gasteiger partial charge in [-0.05, 0) is 13.0 Å². The van der Waals surface area contributed by atoms with Crippen molar-refractivity contribution in [1.82, 2.24) is 0 Å². The largest absolute Gasteiger partial charge is 0.457 e. The van der Waals surface area contributed by atoms with Gasteiger partial charge < -0.3 is 4.74 Å². The van der Waals surface area contributed by atoms with Crippen LogP contribution in [0.5, 0.6) is 0 Å². The van der Waals surface area contributed by atoms with Crippen LogP contribution < -0.4 is 0 Å². The molecule has 16 heavy (non-hydrogen) atoms. The van der Waals surface area contributed by atoms with Crippen LogP contribution in [-0.2, 0) is 16.1 Å². The predicted molar refractivity (Wildman–Crippen MR) is 50.9 cm³/mol. The number of carbonyl (C=O) groups is 1. The fourth-order valence-electron chi connectivity index (χ4n) is 0.981. The van der Waals surface area contributed by atoms with Crippen molar-refractivity contribution in [2.75, 3.05) is 0 Å². The maximum absolute atomic E-state index is 13.1. The third kappa shape index (κ3) is 2.85. The standard InChI is InChI=1S/C11H9F3O2/c1-6(2)11(15)16-5-7-3-8(12)4-9(13)10(7)14/h3-4H,1,5H2,2H3. The number of esters is 1. The quantitative estimate of drug-likeness (QED) is 0.453. The summed E-state index contributed by atoms with van der Waals surface area (Å²) in [7, 11) is 0. The van der Waals surface area contributed by atoms with E-state index < -0.39 is 30.0 Å². The zero-order chi connectivity index (χ0) is 12.3. The average molecular weight is 230 g/mol. The molecule has 0 spiro atoms. The summed E-state index contributed by atoms with van der Waals surface area (Å²) in [6.45, 7) is 4.18. The van der Waals surface area contributed by atoms with E-state index in [1.165, 1.54) is 6.92 Å². The number of benzene rings is 1. The molecule has 0 bridgehead atoms. The summed E-state index contributed by atoms with van der Waals surface area (Å²) in [4.78, 5) is 11.0. The van der Waals surface area contributed by atoms with Crippen LogP contribution in [0.4, 0.5) is 13.2 Å². The van der Waals surface area contributed by atoms with Gasteiger partial charge in [0.2, 0.25) is 0 Å². The van der Waals surface area contributed by atoms with E-state index in [1.807, 2.05) is 0 Å². The lowest BCUT2D eigenvalue weighted by Gasteiger charge is -2.06. The number of halogens is 3. The van der Waals surface area contributed by atoms with E-state index in [1.54, 1.807) is 0 Å². The second kappa shape index (κ2) is 4.83. The highest BCUT2D eigenvalue weighted by atomic mass is 19.2. The third-order valence-electron chi connectivity index (χ3n) is 1.78. The summed E-state index contributed by atoms with van der Waals surface area (Å²) >= 11 is 0. The highest BCUT2D eigenvalue weighted by molar-refractivity contribution is 5.86. The van der Waals surface area contributed by atoms with E-state index >= 15 is 0 Å². The van der Waals surface area contributed by atoms with Gasteiger partial charge in [-0.15, -0.1) is 0 Å². The van der Waals surface area contributed by atoms with E-state index in [0.717, 1.165) is 6.07 Å². The van der Waals surface area contributed by atoms with Crippen LogP contribution in [0.3, 0.4) is 0 Å². The lowest BCUT2D eigenvalue weighted by Crippen LogP contribution is -2.07.